The number of aryl methyl sites for hydroxylation is 1. The minimum atomic E-state index is -1.44. The van der Waals surface area contributed by atoms with Crippen molar-refractivity contribution in [2.75, 3.05) is 17.3 Å². The number of carboxylic acid groups (broad SMARTS) is 1. The van der Waals surface area contributed by atoms with Gasteiger partial charge in [0.2, 0.25) is 5.43 Å². The largest absolute Gasteiger partial charge is 0.477 e. The van der Waals surface area contributed by atoms with E-state index in [-0.39, 0.29) is 36.2 Å². The average molecular weight is 389 g/mol. The zero-order valence-electron chi connectivity index (χ0n) is 15.1. The third-order valence-electron chi connectivity index (χ3n) is 5.00. The van der Waals surface area contributed by atoms with Crippen molar-refractivity contribution in [3.05, 3.63) is 50.9 Å². The molecule has 3 aromatic rings. The van der Waals surface area contributed by atoms with E-state index in [0.29, 0.717) is 5.82 Å². The van der Waals surface area contributed by atoms with Crippen molar-refractivity contribution in [1.29, 1.82) is 0 Å². The van der Waals surface area contributed by atoms with Crippen LogP contribution in [0.1, 0.15) is 28.5 Å². The number of H-pyrrole nitrogens is 1. The van der Waals surface area contributed by atoms with Gasteiger partial charge in [-0.3, -0.25) is 9.89 Å². The number of carbonyl (C=O) groups is 1. The lowest BCUT2D eigenvalue weighted by molar-refractivity contribution is 0.0695. The fourth-order valence-corrected chi connectivity index (χ4v) is 3.67. The van der Waals surface area contributed by atoms with Gasteiger partial charge in [0.05, 0.1) is 23.1 Å². The van der Waals surface area contributed by atoms with Crippen molar-refractivity contribution in [2.45, 2.75) is 26.6 Å². The smallest absolute Gasteiger partial charge is 0.341 e. The number of nitrogens with zero attached hydrogens (tertiary/aromatic N) is 3. The summed E-state index contributed by atoms with van der Waals surface area (Å²) in [5, 5.41) is 18.8. The molecule has 0 aliphatic carbocycles. The summed E-state index contributed by atoms with van der Waals surface area (Å²) in [6.07, 6.45) is 1.09. The number of anilines is 2. The number of fused-ring (bicyclic) bond motifs is 2. The maximum Gasteiger partial charge on any atom is 0.341 e. The van der Waals surface area contributed by atoms with Crippen molar-refractivity contribution in [3.63, 3.8) is 0 Å². The molecule has 0 saturated heterocycles. The topological polar surface area (TPSA) is 103 Å². The van der Waals surface area contributed by atoms with Crippen molar-refractivity contribution < 1.29 is 18.7 Å². The number of nitrogens with one attached hydrogen (secondary N) is 2. The molecular formula is C18H17F2N5O3. The number of aromatic nitrogens is 3. The van der Waals surface area contributed by atoms with Gasteiger partial charge in [-0.05, 0) is 13.0 Å². The fourth-order valence-electron chi connectivity index (χ4n) is 3.67. The Balaban J connectivity index is 1.92. The molecule has 1 aromatic carbocycles. The second-order valence-electron chi connectivity index (χ2n) is 6.52. The molecule has 0 fully saturated rings. The average Bonchev–Trinajstić information content (AvgIpc) is 3.22. The van der Waals surface area contributed by atoms with E-state index in [0.717, 1.165) is 23.5 Å². The highest BCUT2D eigenvalue weighted by Gasteiger charge is 2.30. The van der Waals surface area contributed by atoms with Gasteiger partial charge in [0.15, 0.2) is 11.6 Å². The van der Waals surface area contributed by atoms with Crippen LogP contribution in [0.5, 0.6) is 0 Å². The van der Waals surface area contributed by atoms with Gasteiger partial charge in [-0.1, -0.05) is 0 Å². The standard InChI is InChI=1S/C18H17F2N5O3/c1-3-24-6-10(18(27)28)16(26)8-4-11(19)15(13(20)14(8)24)25-5-9-12(7-25)22-23-17(9)21-2/h4,6H,3,5,7H2,1-2H3,(H,27,28)(H2,21,22,23). The van der Waals surface area contributed by atoms with Gasteiger partial charge in [-0.2, -0.15) is 5.10 Å². The van der Waals surface area contributed by atoms with Crippen molar-refractivity contribution in [1.82, 2.24) is 14.8 Å². The maximum absolute atomic E-state index is 15.4. The molecule has 1 aliphatic heterocycles. The SMILES string of the molecule is CCn1cc(C(=O)O)c(=O)c2cc(F)c(N3Cc4[nH]nc(NC)c4C3)c(F)c21. The van der Waals surface area contributed by atoms with Gasteiger partial charge >= 0.3 is 5.97 Å². The van der Waals surface area contributed by atoms with Gasteiger partial charge in [0.25, 0.3) is 0 Å². The van der Waals surface area contributed by atoms with Crippen LogP contribution in [0.15, 0.2) is 17.1 Å². The minimum absolute atomic E-state index is 0.114. The molecule has 2 aromatic heterocycles. The zero-order valence-corrected chi connectivity index (χ0v) is 15.1. The molecule has 0 bridgehead atoms. The molecule has 0 spiro atoms. The summed E-state index contributed by atoms with van der Waals surface area (Å²) in [4.78, 5) is 25.3. The van der Waals surface area contributed by atoms with Crippen LogP contribution in [0.2, 0.25) is 0 Å². The third kappa shape index (κ3) is 2.44. The maximum atomic E-state index is 15.4. The number of aromatic carboxylic acids is 1. The number of pyridine rings is 1. The van der Waals surface area contributed by atoms with Gasteiger partial charge in [-0.25, -0.2) is 13.6 Å². The van der Waals surface area contributed by atoms with Gasteiger partial charge in [0.1, 0.15) is 17.1 Å². The number of carboxylic acids is 1. The van der Waals surface area contributed by atoms with E-state index in [9.17, 15) is 19.1 Å². The van der Waals surface area contributed by atoms with E-state index in [1.807, 2.05) is 0 Å². The number of halogens is 2. The number of hydrogen-bond acceptors (Lipinski definition) is 5. The Morgan fingerprint density at radius 1 is 1.39 bits per heavy atom. The van der Waals surface area contributed by atoms with Crippen LogP contribution in [0.4, 0.5) is 20.3 Å². The quantitative estimate of drug-likeness (QED) is 0.633. The highest BCUT2D eigenvalue weighted by Crippen LogP contribution is 2.36. The summed E-state index contributed by atoms with van der Waals surface area (Å²) in [5.41, 5.74) is -0.250. The first kappa shape index (κ1) is 18.0. The number of hydrogen-bond donors (Lipinski definition) is 3. The lowest BCUT2D eigenvalue weighted by Crippen LogP contribution is -2.23. The normalized spacial score (nSPS) is 13.2. The van der Waals surface area contributed by atoms with E-state index in [1.165, 1.54) is 9.47 Å². The van der Waals surface area contributed by atoms with E-state index in [2.05, 4.69) is 15.5 Å². The van der Waals surface area contributed by atoms with Crippen LogP contribution < -0.4 is 15.6 Å². The highest BCUT2D eigenvalue weighted by molar-refractivity contribution is 5.94. The van der Waals surface area contributed by atoms with Crippen LogP contribution in [0.3, 0.4) is 0 Å². The Kier molecular flexibility index (Phi) is 4.06. The highest BCUT2D eigenvalue weighted by atomic mass is 19.1. The Labute approximate surface area is 157 Å². The molecule has 1 aliphatic rings. The molecule has 0 radical (unpaired) electrons. The van der Waals surface area contributed by atoms with Gasteiger partial charge < -0.3 is 19.9 Å². The van der Waals surface area contributed by atoms with E-state index < -0.39 is 28.6 Å². The predicted octanol–water partition coefficient (Wildman–Crippen LogP) is 2.28. The number of benzene rings is 1. The molecule has 146 valence electrons. The fraction of sp³-hybridized carbons (Fsp3) is 0.278. The predicted molar refractivity (Wildman–Crippen MR) is 98.8 cm³/mol. The Morgan fingerprint density at radius 2 is 2.14 bits per heavy atom. The summed E-state index contributed by atoms with van der Waals surface area (Å²) < 4.78 is 31.6. The second-order valence-corrected chi connectivity index (χ2v) is 6.52. The Morgan fingerprint density at radius 3 is 2.79 bits per heavy atom. The summed E-state index contributed by atoms with van der Waals surface area (Å²) in [7, 11) is 1.70. The van der Waals surface area contributed by atoms with E-state index >= 15 is 4.39 Å². The van der Waals surface area contributed by atoms with Crippen molar-refractivity contribution in [2.24, 2.45) is 0 Å². The first-order valence-corrected chi connectivity index (χ1v) is 8.64. The lowest BCUT2D eigenvalue weighted by Gasteiger charge is -2.22. The van der Waals surface area contributed by atoms with Crippen molar-refractivity contribution >= 4 is 28.4 Å². The molecule has 3 heterocycles. The summed E-state index contributed by atoms with van der Waals surface area (Å²) in [6.45, 7) is 2.37. The zero-order chi connectivity index (χ0) is 20.2. The second kappa shape index (κ2) is 6.32. The number of rotatable bonds is 4. The van der Waals surface area contributed by atoms with Crippen LogP contribution in [-0.2, 0) is 19.6 Å². The minimum Gasteiger partial charge on any atom is -0.477 e. The molecular weight excluding hydrogens is 372 g/mol. The van der Waals surface area contributed by atoms with Crippen LogP contribution in [-0.4, -0.2) is 32.9 Å². The van der Waals surface area contributed by atoms with Gasteiger partial charge in [-0.15, -0.1) is 0 Å². The summed E-state index contributed by atoms with van der Waals surface area (Å²) >= 11 is 0. The molecule has 28 heavy (non-hydrogen) atoms. The summed E-state index contributed by atoms with van der Waals surface area (Å²) in [6, 6.07) is 0.915. The monoisotopic (exact) mass is 389 g/mol. The Hall–Kier alpha value is -3.43. The lowest BCUT2D eigenvalue weighted by atomic mass is 10.1. The van der Waals surface area contributed by atoms with E-state index in [4.69, 9.17) is 0 Å². The summed E-state index contributed by atoms with van der Waals surface area (Å²) in [5.74, 6) is -2.65. The molecule has 0 saturated carbocycles. The molecule has 4 rings (SSSR count). The third-order valence-corrected chi connectivity index (χ3v) is 5.00. The number of aromatic amines is 1. The molecule has 0 unspecified atom stereocenters. The molecule has 3 N–H and O–H groups in total. The molecule has 8 nitrogen and oxygen atoms in total. The Bertz CT molecular complexity index is 1180. The van der Waals surface area contributed by atoms with Crippen LogP contribution in [0, 0.1) is 11.6 Å². The van der Waals surface area contributed by atoms with Crippen LogP contribution in [0.25, 0.3) is 10.9 Å². The first-order valence-electron chi connectivity index (χ1n) is 8.64. The van der Waals surface area contributed by atoms with Crippen molar-refractivity contribution in [3.8, 4) is 0 Å². The first-order chi connectivity index (χ1) is 13.4. The van der Waals surface area contributed by atoms with Crippen LogP contribution >= 0.6 is 0 Å². The molecule has 0 atom stereocenters. The van der Waals surface area contributed by atoms with Gasteiger partial charge in [0, 0.05) is 31.9 Å². The molecule has 0 amide bonds. The van der Waals surface area contributed by atoms with E-state index in [1.54, 1.807) is 14.0 Å². The molecule has 10 heteroatoms.